The second-order valence-corrected chi connectivity index (χ2v) is 16.5. The molecule has 0 bridgehead atoms. The molecule has 0 aromatic rings. The van der Waals surface area contributed by atoms with Crippen LogP contribution in [0, 0.1) is 74.4 Å². The van der Waals surface area contributed by atoms with Gasteiger partial charge in [-0.3, -0.25) is 0 Å². The monoisotopic (exact) mass is 454 g/mol. The minimum absolute atomic E-state index is 0.500. The lowest BCUT2D eigenvalue weighted by Gasteiger charge is -2.73. The molecule has 5 saturated carbocycles. The maximum Gasteiger partial charge on any atom is -0.0235 e. The largest absolute Gasteiger partial charge is 0.0625 e. The van der Waals surface area contributed by atoms with Crippen molar-refractivity contribution in [2.45, 2.75) is 133 Å². The third-order valence-electron chi connectivity index (χ3n) is 14.7. The Kier molecular flexibility index (Phi) is 5.62. The van der Waals surface area contributed by atoms with Crippen molar-refractivity contribution in [2.75, 3.05) is 0 Å². The lowest BCUT2D eigenvalue weighted by molar-refractivity contribution is -0.245. The Morgan fingerprint density at radius 2 is 1.27 bits per heavy atom. The summed E-state index contributed by atoms with van der Waals surface area (Å²) in [5, 5.41) is 0. The fourth-order valence-electron chi connectivity index (χ4n) is 13.0. The summed E-state index contributed by atoms with van der Waals surface area (Å²) >= 11 is 0. The standard InChI is InChI=1S/C33H58/c1-21(2)23-13-16-30(7)19-20-32(9)25(28(23)30)11-12-27-31(8)17-14-24(22(3)4)29(5,6)26(31)15-18-33(27,32)10/h21-28H,11-20H2,1-10H3/t23-,24+,25+,26-,27+,28+,30+,31-,32+,33+/m0/s1. The van der Waals surface area contributed by atoms with Gasteiger partial charge in [0.2, 0.25) is 0 Å². The normalized spacial score (nSPS) is 55.6. The molecule has 0 unspecified atom stereocenters. The van der Waals surface area contributed by atoms with Crippen LogP contribution in [0.1, 0.15) is 133 Å². The van der Waals surface area contributed by atoms with E-state index in [2.05, 4.69) is 69.2 Å². The topological polar surface area (TPSA) is 0 Å². The third kappa shape index (κ3) is 3.06. The van der Waals surface area contributed by atoms with Gasteiger partial charge in [0.15, 0.2) is 0 Å². The summed E-state index contributed by atoms with van der Waals surface area (Å²) in [7, 11) is 0. The van der Waals surface area contributed by atoms with Crippen LogP contribution in [0.15, 0.2) is 0 Å². The maximum atomic E-state index is 2.83. The van der Waals surface area contributed by atoms with E-state index in [-0.39, 0.29) is 0 Å². The van der Waals surface area contributed by atoms with E-state index in [1.165, 1.54) is 64.2 Å². The highest BCUT2D eigenvalue weighted by Crippen LogP contribution is 2.78. The molecule has 0 aromatic carbocycles. The fourth-order valence-corrected chi connectivity index (χ4v) is 13.0. The van der Waals surface area contributed by atoms with Gasteiger partial charge in [-0.2, -0.15) is 0 Å². The van der Waals surface area contributed by atoms with Crippen molar-refractivity contribution >= 4 is 0 Å². The van der Waals surface area contributed by atoms with E-state index in [4.69, 9.17) is 0 Å². The van der Waals surface area contributed by atoms with E-state index in [9.17, 15) is 0 Å². The van der Waals surface area contributed by atoms with Gasteiger partial charge in [-0.05, 0) is 139 Å². The summed E-state index contributed by atoms with van der Waals surface area (Å²) in [6.45, 7) is 26.6. The molecule has 0 spiro atoms. The first-order valence-corrected chi connectivity index (χ1v) is 15.2. The Morgan fingerprint density at radius 1 is 0.576 bits per heavy atom. The average Bonchev–Trinajstić information content (AvgIpc) is 3.05. The van der Waals surface area contributed by atoms with Crippen molar-refractivity contribution in [3.8, 4) is 0 Å². The van der Waals surface area contributed by atoms with Gasteiger partial charge in [0, 0.05) is 0 Å². The number of rotatable bonds is 2. The molecular formula is C33H58. The zero-order valence-electron chi connectivity index (χ0n) is 24.2. The Hall–Kier alpha value is 0. The molecule has 0 heterocycles. The molecule has 5 fully saturated rings. The molecule has 5 aliphatic carbocycles. The van der Waals surface area contributed by atoms with Crippen molar-refractivity contribution in [1.82, 2.24) is 0 Å². The molecular weight excluding hydrogens is 396 g/mol. The molecule has 0 aliphatic heterocycles. The fraction of sp³-hybridized carbons (Fsp3) is 1.00. The van der Waals surface area contributed by atoms with Gasteiger partial charge in [-0.25, -0.2) is 0 Å². The average molecular weight is 455 g/mol. The van der Waals surface area contributed by atoms with Crippen LogP contribution in [0.25, 0.3) is 0 Å². The van der Waals surface area contributed by atoms with Crippen molar-refractivity contribution < 1.29 is 0 Å². The zero-order valence-corrected chi connectivity index (χ0v) is 24.2. The lowest BCUT2D eigenvalue weighted by atomic mass is 9.31. The Balaban J connectivity index is 1.52. The van der Waals surface area contributed by atoms with Gasteiger partial charge in [-0.1, -0.05) is 69.2 Å². The summed E-state index contributed by atoms with van der Waals surface area (Å²) in [5.41, 5.74) is 2.81. The van der Waals surface area contributed by atoms with E-state index in [1.807, 2.05) is 0 Å². The van der Waals surface area contributed by atoms with Crippen LogP contribution < -0.4 is 0 Å². The predicted molar refractivity (Wildman–Crippen MR) is 143 cm³/mol. The Bertz CT molecular complexity index is 760. The van der Waals surface area contributed by atoms with Crippen LogP contribution in [0.3, 0.4) is 0 Å². The van der Waals surface area contributed by atoms with Crippen LogP contribution in [0.4, 0.5) is 0 Å². The predicted octanol–water partition coefficient (Wildman–Crippen LogP) is 10.0. The van der Waals surface area contributed by atoms with Crippen molar-refractivity contribution in [1.29, 1.82) is 0 Å². The second kappa shape index (κ2) is 7.51. The number of fused-ring (bicyclic) bond motifs is 7. The van der Waals surface area contributed by atoms with Gasteiger partial charge in [0.1, 0.15) is 0 Å². The maximum absolute atomic E-state index is 2.83. The van der Waals surface area contributed by atoms with Gasteiger partial charge >= 0.3 is 0 Å². The van der Waals surface area contributed by atoms with E-state index in [0.29, 0.717) is 27.1 Å². The van der Waals surface area contributed by atoms with Crippen LogP contribution in [-0.4, -0.2) is 0 Å². The molecule has 33 heavy (non-hydrogen) atoms. The van der Waals surface area contributed by atoms with Gasteiger partial charge < -0.3 is 0 Å². The van der Waals surface area contributed by atoms with E-state index >= 15 is 0 Å². The van der Waals surface area contributed by atoms with Gasteiger partial charge in [0.25, 0.3) is 0 Å². The Morgan fingerprint density at radius 3 is 1.91 bits per heavy atom. The lowest BCUT2D eigenvalue weighted by Crippen LogP contribution is -2.66. The second-order valence-electron chi connectivity index (χ2n) is 16.5. The molecule has 0 aromatic heterocycles. The SMILES string of the molecule is CC(C)[C@H]1CC[C@]2(C)[C@H]3CC[C@@H]4[C@H]5[C@H](C(C)C)CC[C@]5(C)CC[C@@]4(C)[C@]3(C)CC[C@H]2C1(C)C. The van der Waals surface area contributed by atoms with Crippen LogP contribution in [0.2, 0.25) is 0 Å². The first-order chi connectivity index (χ1) is 15.2. The minimum Gasteiger partial charge on any atom is -0.0625 e. The number of hydrogen-bond acceptors (Lipinski definition) is 0. The summed E-state index contributed by atoms with van der Waals surface area (Å²) in [4.78, 5) is 0. The van der Waals surface area contributed by atoms with E-state index in [1.54, 1.807) is 0 Å². The van der Waals surface area contributed by atoms with E-state index in [0.717, 1.165) is 47.3 Å². The summed E-state index contributed by atoms with van der Waals surface area (Å²) < 4.78 is 0. The molecule has 0 saturated heterocycles. The third-order valence-corrected chi connectivity index (χ3v) is 14.7. The molecule has 10 atom stereocenters. The van der Waals surface area contributed by atoms with Crippen molar-refractivity contribution in [3.05, 3.63) is 0 Å². The first kappa shape index (κ1) is 24.7. The van der Waals surface area contributed by atoms with Crippen molar-refractivity contribution in [2.24, 2.45) is 74.4 Å². The molecule has 0 heteroatoms. The number of hydrogen-bond donors (Lipinski definition) is 0. The van der Waals surface area contributed by atoms with Gasteiger partial charge in [0.05, 0.1) is 0 Å². The zero-order chi connectivity index (χ0) is 24.2. The molecule has 0 radical (unpaired) electrons. The summed E-state index contributed by atoms with van der Waals surface area (Å²) in [6, 6.07) is 0. The van der Waals surface area contributed by atoms with Crippen LogP contribution >= 0.6 is 0 Å². The molecule has 0 nitrogen and oxygen atoms in total. The molecule has 190 valence electrons. The van der Waals surface area contributed by atoms with Crippen molar-refractivity contribution in [3.63, 3.8) is 0 Å². The quantitative estimate of drug-likeness (QED) is 0.389. The summed E-state index contributed by atoms with van der Waals surface area (Å²) in [6.07, 6.45) is 15.1. The summed E-state index contributed by atoms with van der Waals surface area (Å²) in [5.74, 6) is 7.43. The smallest absolute Gasteiger partial charge is 0.0235 e. The highest BCUT2D eigenvalue weighted by molar-refractivity contribution is 5.19. The highest BCUT2D eigenvalue weighted by atomic mass is 14.7. The minimum atomic E-state index is 0.500. The first-order valence-electron chi connectivity index (χ1n) is 15.2. The van der Waals surface area contributed by atoms with Gasteiger partial charge in [-0.15, -0.1) is 0 Å². The Labute approximate surface area is 207 Å². The van der Waals surface area contributed by atoms with Crippen LogP contribution in [-0.2, 0) is 0 Å². The molecule has 0 amide bonds. The molecule has 0 N–H and O–H groups in total. The highest BCUT2D eigenvalue weighted by Gasteiger charge is 2.70. The van der Waals surface area contributed by atoms with Crippen LogP contribution in [0.5, 0.6) is 0 Å². The molecule has 5 rings (SSSR count). The van der Waals surface area contributed by atoms with E-state index < -0.39 is 0 Å². The molecule has 5 aliphatic rings.